The molecule has 1 heterocycles. The normalized spacial score (nSPS) is 13.8. The van der Waals surface area contributed by atoms with E-state index in [0.29, 0.717) is 16.6 Å². The summed E-state index contributed by atoms with van der Waals surface area (Å²) in [5.74, 6) is -0.238. The van der Waals surface area contributed by atoms with Crippen LogP contribution in [0.4, 0.5) is 5.69 Å². The quantitative estimate of drug-likeness (QED) is 0.574. The molecule has 0 unspecified atom stereocenters. The molecule has 0 spiro atoms. The number of nitrogens with zero attached hydrogens (tertiary/aromatic N) is 1. The number of rotatable bonds is 3. The lowest BCUT2D eigenvalue weighted by atomic mass is 10.1. The maximum absolute atomic E-state index is 12.5. The molecule has 0 atom stereocenters. The van der Waals surface area contributed by atoms with Gasteiger partial charge in [0.25, 0.3) is 11.6 Å². The number of aromatic amines is 1. The zero-order valence-corrected chi connectivity index (χ0v) is 12.8. The summed E-state index contributed by atoms with van der Waals surface area (Å²) >= 11 is 0. The summed E-state index contributed by atoms with van der Waals surface area (Å²) in [7, 11) is 0. The maximum Gasteiger partial charge on any atom is 0.293 e. The Kier molecular flexibility index (Phi) is 3.30. The molecule has 2 aromatic carbocycles. The fraction of sp³-hybridized carbons (Fsp3) is 0.167. The van der Waals surface area contributed by atoms with Crippen molar-refractivity contribution < 1.29 is 9.72 Å². The SMILES string of the molecule is O=C(NC1Cc2ccccc2C1)c1cc2cccc([N+](=O)[O-])c2[nH]1. The second kappa shape index (κ2) is 5.49. The Morgan fingerprint density at radius 2 is 1.83 bits per heavy atom. The van der Waals surface area contributed by atoms with Crippen molar-refractivity contribution in [3.8, 4) is 0 Å². The van der Waals surface area contributed by atoms with E-state index in [2.05, 4.69) is 22.4 Å². The molecule has 4 rings (SSSR count). The van der Waals surface area contributed by atoms with Gasteiger partial charge in [0, 0.05) is 17.5 Å². The first kappa shape index (κ1) is 14.4. The predicted molar refractivity (Wildman–Crippen MR) is 90.1 cm³/mol. The summed E-state index contributed by atoms with van der Waals surface area (Å²) < 4.78 is 0. The minimum atomic E-state index is -0.450. The van der Waals surface area contributed by atoms with Gasteiger partial charge in [-0.3, -0.25) is 14.9 Å². The highest BCUT2D eigenvalue weighted by Crippen LogP contribution is 2.26. The van der Waals surface area contributed by atoms with Crippen LogP contribution in [0.25, 0.3) is 10.9 Å². The van der Waals surface area contributed by atoms with Crippen LogP contribution < -0.4 is 5.32 Å². The highest BCUT2D eigenvalue weighted by Gasteiger charge is 2.24. The standard InChI is InChI=1S/C18H15N3O3/c22-18(19-14-8-11-4-1-2-5-12(11)9-14)15-10-13-6-3-7-16(21(23)24)17(13)20-15/h1-7,10,14,20H,8-9H2,(H,19,22). The van der Waals surface area contributed by atoms with Crippen LogP contribution in [0.5, 0.6) is 0 Å². The van der Waals surface area contributed by atoms with Gasteiger partial charge in [0.05, 0.1) is 4.92 Å². The summed E-state index contributed by atoms with van der Waals surface area (Å²) in [5.41, 5.74) is 3.21. The average molecular weight is 321 g/mol. The molecule has 0 aliphatic heterocycles. The molecule has 1 aliphatic rings. The Bertz CT molecular complexity index is 936. The van der Waals surface area contributed by atoms with Crippen molar-refractivity contribution in [3.63, 3.8) is 0 Å². The zero-order valence-electron chi connectivity index (χ0n) is 12.8. The number of fused-ring (bicyclic) bond motifs is 2. The van der Waals surface area contributed by atoms with Crippen LogP contribution >= 0.6 is 0 Å². The first-order chi connectivity index (χ1) is 11.6. The molecule has 2 N–H and O–H groups in total. The zero-order chi connectivity index (χ0) is 16.7. The Hall–Kier alpha value is -3.15. The third kappa shape index (κ3) is 2.42. The van der Waals surface area contributed by atoms with Crippen molar-refractivity contribution in [2.45, 2.75) is 18.9 Å². The molecular formula is C18H15N3O3. The van der Waals surface area contributed by atoms with E-state index in [4.69, 9.17) is 0 Å². The molecule has 1 aromatic heterocycles. The van der Waals surface area contributed by atoms with Gasteiger partial charge in [0.2, 0.25) is 0 Å². The van der Waals surface area contributed by atoms with E-state index < -0.39 is 4.92 Å². The van der Waals surface area contributed by atoms with Gasteiger partial charge in [-0.05, 0) is 30.0 Å². The Balaban J connectivity index is 1.56. The lowest BCUT2D eigenvalue weighted by Gasteiger charge is -2.10. The number of amides is 1. The molecule has 6 heteroatoms. The number of aromatic nitrogens is 1. The second-order valence-electron chi connectivity index (χ2n) is 6.03. The van der Waals surface area contributed by atoms with Crippen LogP contribution in [0.2, 0.25) is 0 Å². The summed E-state index contributed by atoms with van der Waals surface area (Å²) in [6, 6.07) is 14.6. The Morgan fingerprint density at radius 3 is 2.50 bits per heavy atom. The fourth-order valence-corrected chi connectivity index (χ4v) is 3.34. The number of carbonyl (C=O) groups is 1. The van der Waals surface area contributed by atoms with Crippen LogP contribution in [0.15, 0.2) is 48.5 Å². The van der Waals surface area contributed by atoms with Crippen LogP contribution in [-0.4, -0.2) is 21.9 Å². The van der Waals surface area contributed by atoms with E-state index in [-0.39, 0.29) is 17.6 Å². The molecule has 0 saturated carbocycles. The third-order valence-electron chi connectivity index (χ3n) is 4.46. The van der Waals surface area contributed by atoms with Gasteiger partial charge in [-0.1, -0.05) is 36.4 Å². The van der Waals surface area contributed by atoms with E-state index in [9.17, 15) is 14.9 Å². The lowest BCUT2D eigenvalue weighted by molar-refractivity contribution is -0.383. The number of carbonyl (C=O) groups excluding carboxylic acids is 1. The van der Waals surface area contributed by atoms with Crippen molar-refractivity contribution >= 4 is 22.5 Å². The molecular weight excluding hydrogens is 306 g/mol. The molecule has 6 nitrogen and oxygen atoms in total. The van der Waals surface area contributed by atoms with Gasteiger partial charge in [-0.15, -0.1) is 0 Å². The van der Waals surface area contributed by atoms with E-state index in [1.807, 2.05) is 12.1 Å². The monoisotopic (exact) mass is 321 g/mol. The van der Waals surface area contributed by atoms with Crippen molar-refractivity contribution in [1.82, 2.24) is 10.3 Å². The van der Waals surface area contributed by atoms with E-state index in [1.54, 1.807) is 18.2 Å². The fourth-order valence-electron chi connectivity index (χ4n) is 3.34. The largest absolute Gasteiger partial charge is 0.347 e. The van der Waals surface area contributed by atoms with Gasteiger partial charge >= 0.3 is 0 Å². The van der Waals surface area contributed by atoms with Crippen molar-refractivity contribution in [3.05, 3.63) is 75.5 Å². The summed E-state index contributed by atoms with van der Waals surface area (Å²) in [6.07, 6.45) is 1.62. The van der Waals surface area contributed by atoms with Crippen molar-refractivity contribution in [2.24, 2.45) is 0 Å². The first-order valence-electron chi connectivity index (χ1n) is 7.75. The van der Waals surface area contributed by atoms with Crippen molar-refractivity contribution in [2.75, 3.05) is 0 Å². The van der Waals surface area contributed by atoms with Crippen LogP contribution in [0, 0.1) is 10.1 Å². The Labute approximate surface area is 137 Å². The smallest absolute Gasteiger partial charge is 0.293 e. The third-order valence-corrected chi connectivity index (χ3v) is 4.46. The number of nitro benzene ring substituents is 1. The van der Waals surface area contributed by atoms with Gasteiger partial charge in [-0.2, -0.15) is 0 Å². The highest BCUT2D eigenvalue weighted by atomic mass is 16.6. The molecule has 1 aliphatic carbocycles. The molecule has 0 fully saturated rings. The number of hydrogen-bond donors (Lipinski definition) is 2. The molecule has 1 amide bonds. The highest BCUT2D eigenvalue weighted by molar-refractivity contribution is 6.00. The van der Waals surface area contributed by atoms with Crippen LogP contribution in [0.3, 0.4) is 0 Å². The molecule has 120 valence electrons. The maximum atomic E-state index is 12.5. The minimum Gasteiger partial charge on any atom is -0.347 e. The first-order valence-corrected chi connectivity index (χ1v) is 7.75. The number of nitrogens with one attached hydrogen (secondary N) is 2. The number of benzene rings is 2. The van der Waals surface area contributed by atoms with E-state index >= 15 is 0 Å². The second-order valence-corrected chi connectivity index (χ2v) is 6.03. The number of nitro groups is 1. The summed E-state index contributed by atoms with van der Waals surface area (Å²) in [6.45, 7) is 0. The number of H-pyrrole nitrogens is 1. The summed E-state index contributed by atoms with van der Waals surface area (Å²) in [4.78, 5) is 26.0. The number of hydrogen-bond acceptors (Lipinski definition) is 3. The lowest BCUT2D eigenvalue weighted by Crippen LogP contribution is -2.35. The molecule has 3 aromatic rings. The Morgan fingerprint density at radius 1 is 1.12 bits per heavy atom. The van der Waals surface area contributed by atoms with Gasteiger partial charge in [0.15, 0.2) is 0 Å². The van der Waals surface area contributed by atoms with Crippen LogP contribution in [0.1, 0.15) is 21.6 Å². The van der Waals surface area contributed by atoms with E-state index in [0.717, 1.165) is 12.8 Å². The van der Waals surface area contributed by atoms with Crippen molar-refractivity contribution in [1.29, 1.82) is 0 Å². The summed E-state index contributed by atoms with van der Waals surface area (Å²) in [5, 5.41) is 14.8. The van der Waals surface area contributed by atoms with E-state index in [1.165, 1.54) is 17.2 Å². The predicted octanol–water partition coefficient (Wildman–Crippen LogP) is 2.97. The van der Waals surface area contributed by atoms with Gasteiger partial charge in [-0.25, -0.2) is 0 Å². The average Bonchev–Trinajstić information content (AvgIpc) is 3.17. The molecule has 0 radical (unpaired) electrons. The molecule has 0 bridgehead atoms. The topological polar surface area (TPSA) is 88.0 Å². The number of non-ortho nitro benzene ring substituents is 1. The van der Waals surface area contributed by atoms with Gasteiger partial charge in [0.1, 0.15) is 11.2 Å². The molecule has 24 heavy (non-hydrogen) atoms. The molecule has 0 saturated heterocycles. The van der Waals surface area contributed by atoms with Crippen LogP contribution in [-0.2, 0) is 12.8 Å². The van der Waals surface area contributed by atoms with Gasteiger partial charge < -0.3 is 10.3 Å². The minimum absolute atomic E-state index is 0.0279. The number of para-hydroxylation sites is 1.